The molecule has 0 radical (unpaired) electrons. The number of rotatable bonds is 6. The first-order chi connectivity index (χ1) is 7.41. The molecule has 0 spiro atoms. The molecule has 2 nitrogen and oxygen atoms in total. The van der Waals surface area contributed by atoms with Crippen molar-refractivity contribution in [3.63, 3.8) is 0 Å². The highest BCUT2D eigenvalue weighted by molar-refractivity contribution is 4.81. The first-order valence-corrected chi connectivity index (χ1v) is 6.84. The molecule has 0 aliphatic heterocycles. The van der Waals surface area contributed by atoms with Gasteiger partial charge in [-0.05, 0) is 25.3 Å². The van der Waals surface area contributed by atoms with Crippen LogP contribution in [0, 0.1) is 5.41 Å². The highest BCUT2D eigenvalue weighted by Crippen LogP contribution is 2.25. The second-order valence-electron chi connectivity index (χ2n) is 6.55. The van der Waals surface area contributed by atoms with Crippen molar-refractivity contribution in [3.8, 4) is 0 Å². The van der Waals surface area contributed by atoms with E-state index in [2.05, 4.69) is 45.0 Å². The Morgan fingerprint density at radius 1 is 1.25 bits per heavy atom. The Balaban J connectivity index is 2.32. The maximum absolute atomic E-state index is 3.56. The fraction of sp³-hybridized carbons (Fsp3) is 1.00. The van der Waals surface area contributed by atoms with Gasteiger partial charge >= 0.3 is 0 Å². The summed E-state index contributed by atoms with van der Waals surface area (Å²) in [5.74, 6) is 0. The summed E-state index contributed by atoms with van der Waals surface area (Å²) in [6, 6.07) is 1.44. The van der Waals surface area contributed by atoms with Crippen molar-refractivity contribution in [3.05, 3.63) is 0 Å². The molecular formula is C14H30N2. The molecule has 16 heavy (non-hydrogen) atoms. The molecule has 1 N–H and O–H groups in total. The van der Waals surface area contributed by atoms with E-state index >= 15 is 0 Å². The van der Waals surface area contributed by atoms with Gasteiger partial charge in [-0.15, -0.1) is 0 Å². The van der Waals surface area contributed by atoms with Crippen molar-refractivity contribution in [2.24, 2.45) is 5.41 Å². The number of nitrogens with zero attached hydrogens (tertiary/aromatic N) is 1. The van der Waals surface area contributed by atoms with Gasteiger partial charge in [-0.2, -0.15) is 0 Å². The zero-order valence-electron chi connectivity index (χ0n) is 11.8. The molecule has 0 bridgehead atoms. The van der Waals surface area contributed by atoms with Crippen LogP contribution in [-0.2, 0) is 0 Å². The molecule has 1 aliphatic rings. The van der Waals surface area contributed by atoms with E-state index in [-0.39, 0.29) is 0 Å². The van der Waals surface area contributed by atoms with Crippen LogP contribution in [0.15, 0.2) is 0 Å². The summed E-state index contributed by atoms with van der Waals surface area (Å²) in [4.78, 5) is 2.58. The molecule has 96 valence electrons. The van der Waals surface area contributed by atoms with Crippen LogP contribution >= 0.6 is 0 Å². The lowest BCUT2D eigenvalue weighted by Crippen LogP contribution is -2.43. The molecule has 1 fully saturated rings. The van der Waals surface area contributed by atoms with E-state index in [1.165, 1.54) is 32.2 Å². The Labute approximate surface area is 102 Å². The van der Waals surface area contributed by atoms with Gasteiger partial charge in [0, 0.05) is 25.2 Å². The first kappa shape index (κ1) is 14.0. The first-order valence-electron chi connectivity index (χ1n) is 6.84. The lowest BCUT2D eigenvalue weighted by molar-refractivity contribution is 0.157. The lowest BCUT2D eigenvalue weighted by atomic mass is 9.91. The van der Waals surface area contributed by atoms with Crippen LogP contribution in [0.3, 0.4) is 0 Å². The molecule has 0 amide bonds. The number of hydrogen-bond acceptors (Lipinski definition) is 2. The van der Waals surface area contributed by atoms with E-state index in [9.17, 15) is 0 Å². The average molecular weight is 226 g/mol. The molecular weight excluding hydrogens is 196 g/mol. The van der Waals surface area contributed by atoms with Crippen LogP contribution in [0.1, 0.15) is 53.4 Å². The van der Waals surface area contributed by atoms with Crippen LogP contribution in [0.2, 0.25) is 0 Å². The van der Waals surface area contributed by atoms with Gasteiger partial charge in [0.25, 0.3) is 0 Å². The summed E-state index contributed by atoms with van der Waals surface area (Å²) in [7, 11) is 2.30. The summed E-state index contributed by atoms with van der Waals surface area (Å²) in [5, 5.41) is 3.56. The second-order valence-corrected chi connectivity index (χ2v) is 6.55. The van der Waals surface area contributed by atoms with Gasteiger partial charge in [0.1, 0.15) is 0 Å². The number of hydrogen-bond donors (Lipinski definition) is 1. The van der Waals surface area contributed by atoms with E-state index in [0.717, 1.165) is 12.6 Å². The highest BCUT2D eigenvalue weighted by Gasteiger charge is 2.26. The van der Waals surface area contributed by atoms with Crippen LogP contribution < -0.4 is 5.32 Å². The van der Waals surface area contributed by atoms with Crippen LogP contribution in [0.4, 0.5) is 0 Å². The van der Waals surface area contributed by atoms with Gasteiger partial charge in [-0.1, -0.05) is 40.5 Å². The van der Waals surface area contributed by atoms with Crippen molar-refractivity contribution in [1.29, 1.82) is 0 Å². The normalized spacial score (nSPS) is 18.9. The smallest absolute Gasteiger partial charge is 0.00924 e. The SMILES string of the molecule is CC(C)NCC(C)(C)CN(C)C1CCCC1. The molecule has 1 aliphatic carbocycles. The largest absolute Gasteiger partial charge is 0.314 e. The third-order valence-electron chi connectivity index (χ3n) is 3.61. The van der Waals surface area contributed by atoms with Crippen LogP contribution in [0.5, 0.6) is 0 Å². The molecule has 1 saturated carbocycles. The molecule has 0 saturated heterocycles. The van der Waals surface area contributed by atoms with Crippen molar-refractivity contribution < 1.29 is 0 Å². The molecule has 2 heteroatoms. The summed E-state index contributed by atoms with van der Waals surface area (Å²) in [5.41, 5.74) is 0.377. The zero-order valence-corrected chi connectivity index (χ0v) is 11.8. The van der Waals surface area contributed by atoms with Gasteiger partial charge < -0.3 is 10.2 Å². The third-order valence-corrected chi connectivity index (χ3v) is 3.61. The minimum atomic E-state index is 0.377. The Hall–Kier alpha value is -0.0800. The molecule has 0 unspecified atom stereocenters. The summed E-state index contributed by atoms with van der Waals surface area (Å²) in [6.45, 7) is 11.5. The van der Waals surface area contributed by atoms with Gasteiger partial charge in [-0.3, -0.25) is 0 Å². The van der Waals surface area contributed by atoms with Crippen LogP contribution in [-0.4, -0.2) is 37.1 Å². The Morgan fingerprint density at radius 2 is 1.81 bits per heavy atom. The highest BCUT2D eigenvalue weighted by atomic mass is 15.1. The van der Waals surface area contributed by atoms with Crippen molar-refractivity contribution in [2.75, 3.05) is 20.1 Å². The van der Waals surface area contributed by atoms with Gasteiger partial charge in [0.15, 0.2) is 0 Å². The molecule has 0 aromatic rings. The predicted molar refractivity (Wildman–Crippen MR) is 71.8 cm³/mol. The maximum atomic E-state index is 3.56. The number of nitrogens with one attached hydrogen (secondary N) is 1. The van der Waals surface area contributed by atoms with E-state index in [0.29, 0.717) is 11.5 Å². The molecule has 1 rings (SSSR count). The summed E-state index contributed by atoms with van der Waals surface area (Å²) < 4.78 is 0. The lowest BCUT2D eigenvalue weighted by Gasteiger charge is -2.34. The van der Waals surface area contributed by atoms with Gasteiger partial charge in [-0.25, -0.2) is 0 Å². The second kappa shape index (κ2) is 6.02. The Kier molecular flexibility index (Phi) is 5.26. The molecule has 0 aromatic heterocycles. The molecule has 0 heterocycles. The van der Waals surface area contributed by atoms with E-state index in [1.807, 2.05) is 0 Å². The van der Waals surface area contributed by atoms with E-state index in [4.69, 9.17) is 0 Å². The zero-order chi connectivity index (χ0) is 12.2. The van der Waals surface area contributed by atoms with Crippen molar-refractivity contribution >= 4 is 0 Å². The predicted octanol–water partition coefficient (Wildman–Crippen LogP) is 2.89. The van der Waals surface area contributed by atoms with Gasteiger partial charge in [0.2, 0.25) is 0 Å². The molecule has 0 atom stereocenters. The minimum Gasteiger partial charge on any atom is -0.314 e. The topological polar surface area (TPSA) is 15.3 Å². The standard InChI is InChI=1S/C14H30N2/c1-12(2)15-10-14(3,4)11-16(5)13-8-6-7-9-13/h12-13,15H,6-11H2,1-5H3. The van der Waals surface area contributed by atoms with E-state index < -0.39 is 0 Å². The molecule has 0 aromatic carbocycles. The van der Waals surface area contributed by atoms with Crippen molar-refractivity contribution in [2.45, 2.75) is 65.5 Å². The van der Waals surface area contributed by atoms with Crippen molar-refractivity contribution in [1.82, 2.24) is 10.2 Å². The monoisotopic (exact) mass is 226 g/mol. The third kappa shape index (κ3) is 4.84. The fourth-order valence-corrected chi connectivity index (χ4v) is 2.69. The maximum Gasteiger partial charge on any atom is 0.00924 e. The minimum absolute atomic E-state index is 0.377. The quantitative estimate of drug-likeness (QED) is 0.749. The fourth-order valence-electron chi connectivity index (χ4n) is 2.69. The summed E-state index contributed by atoms with van der Waals surface area (Å²) >= 11 is 0. The summed E-state index contributed by atoms with van der Waals surface area (Å²) in [6.07, 6.45) is 5.67. The van der Waals surface area contributed by atoms with Crippen LogP contribution in [0.25, 0.3) is 0 Å². The van der Waals surface area contributed by atoms with Gasteiger partial charge in [0.05, 0.1) is 0 Å². The van der Waals surface area contributed by atoms with E-state index in [1.54, 1.807) is 0 Å². The Morgan fingerprint density at radius 3 is 2.31 bits per heavy atom. The average Bonchev–Trinajstić information content (AvgIpc) is 2.67. The Bertz CT molecular complexity index is 193.